The summed E-state index contributed by atoms with van der Waals surface area (Å²) in [4.78, 5) is 94.5. The summed E-state index contributed by atoms with van der Waals surface area (Å²) in [5.74, 6) is -2.13. The van der Waals surface area contributed by atoms with E-state index in [9.17, 15) is 33.6 Å². The van der Waals surface area contributed by atoms with Gasteiger partial charge in [-0.25, -0.2) is 0 Å². The maximum absolute atomic E-state index is 13.2. The number of carbonyl (C=O) groups is 7. The molecule has 3 aliphatic heterocycles. The van der Waals surface area contributed by atoms with Crippen molar-refractivity contribution in [3.05, 3.63) is 95.3 Å². The third-order valence-electron chi connectivity index (χ3n) is 11.1. The molecular weight excluding hydrogens is 839 g/mol. The van der Waals surface area contributed by atoms with E-state index in [1.807, 2.05) is 17.0 Å². The molecule has 18 nitrogen and oxygen atoms in total. The van der Waals surface area contributed by atoms with Crippen LogP contribution in [0.4, 0.5) is 11.4 Å². The highest BCUT2D eigenvalue weighted by Crippen LogP contribution is 2.32. The second-order valence-corrected chi connectivity index (χ2v) is 15.8. The molecule has 0 spiro atoms. The molecule has 18 heteroatoms. The number of hydrogen-bond acceptors (Lipinski definition) is 13. The highest BCUT2D eigenvalue weighted by Gasteiger charge is 2.45. The summed E-state index contributed by atoms with van der Waals surface area (Å²) in [6, 6.07) is 14.4. The molecule has 2 saturated heterocycles. The highest BCUT2D eigenvalue weighted by molar-refractivity contribution is 6.25. The van der Waals surface area contributed by atoms with Gasteiger partial charge in [-0.3, -0.25) is 48.8 Å². The lowest BCUT2D eigenvalue weighted by Crippen LogP contribution is -2.54. The molecule has 2 fully saturated rings. The molecule has 4 heterocycles. The van der Waals surface area contributed by atoms with Crippen molar-refractivity contribution >= 4 is 58.8 Å². The number of benzene rings is 2. The summed E-state index contributed by atoms with van der Waals surface area (Å²) in [5.41, 5.74) is 2.86. The molecule has 4 N–H and O–H groups in total. The van der Waals surface area contributed by atoms with Crippen molar-refractivity contribution in [3.8, 4) is 0 Å². The van der Waals surface area contributed by atoms with Gasteiger partial charge in [0.05, 0.1) is 57.4 Å². The first-order chi connectivity index (χ1) is 31.7. The van der Waals surface area contributed by atoms with Gasteiger partial charge in [0.25, 0.3) is 17.7 Å². The molecule has 1 aromatic heterocycles. The fourth-order valence-electron chi connectivity index (χ4n) is 7.72. The van der Waals surface area contributed by atoms with Crippen LogP contribution in [-0.4, -0.2) is 141 Å². The first kappa shape index (κ1) is 48.1. The van der Waals surface area contributed by atoms with Gasteiger partial charge < -0.3 is 39.8 Å². The molecule has 1 unspecified atom stereocenters. The SMILES string of the molecule is O=C(/C=C/c1cccnc1)NCCCCC1CCN(C(=O)c2ccc(NC(=O)COCCOCCOCCOCCNc3cccc4c3C(=O)N(C3CCC(=O)NC3=O)C4=O)cc2)CC1. The molecule has 3 aliphatic rings. The number of ether oxygens (including phenoxy) is 4. The van der Waals surface area contributed by atoms with Gasteiger partial charge in [0.2, 0.25) is 23.6 Å². The minimum atomic E-state index is -1.03. The average Bonchev–Trinajstić information content (AvgIpc) is 3.57. The predicted octanol–water partition coefficient (Wildman–Crippen LogP) is 3.45. The van der Waals surface area contributed by atoms with E-state index in [1.165, 1.54) is 12.1 Å². The third kappa shape index (κ3) is 14.6. The number of likely N-dealkylation sites (tertiary alicyclic amines) is 1. The molecule has 0 aliphatic carbocycles. The van der Waals surface area contributed by atoms with E-state index >= 15 is 0 Å². The van der Waals surface area contributed by atoms with Crippen molar-refractivity contribution < 1.29 is 52.5 Å². The van der Waals surface area contributed by atoms with Crippen LogP contribution in [0.15, 0.2) is 73.1 Å². The number of amides is 7. The normalized spacial score (nSPS) is 16.5. The lowest BCUT2D eigenvalue weighted by Gasteiger charge is -2.32. The molecule has 0 radical (unpaired) electrons. The Morgan fingerprint density at radius 1 is 0.785 bits per heavy atom. The predicted molar refractivity (Wildman–Crippen MR) is 239 cm³/mol. The van der Waals surface area contributed by atoms with Crippen molar-refractivity contribution in [3.63, 3.8) is 0 Å². The van der Waals surface area contributed by atoms with Crippen LogP contribution in [0.2, 0.25) is 0 Å². The maximum Gasteiger partial charge on any atom is 0.264 e. The molecule has 2 aromatic carbocycles. The average molecular weight is 896 g/mol. The Bertz CT molecular complexity index is 2140. The van der Waals surface area contributed by atoms with Crippen LogP contribution < -0.4 is 21.3 Å². The Labute approximate surface area is 377 Å². The van der Waals surface area contributed by atoms with Gasteiger partial charge in [0, 0.05) is 68.0 Å². The number of carbonyl (C=O) groups excluding carboxylic acids is 7. The summed E-state index contributed by atoms with van der Waals surface area (Å²) < 4.78 is 22.1. The van der Waals surface area contributed by atoms with E-state index in [1.54, 1.807) is 54.9 Å². The maximum atomic E-state index is 13.2. The van der Waals surface area contributed by atoms with Crippen molar-refractivity contribution in [2.75, 3.05) is 89.7 Å². The number of imide groups is 2. The number of rotatable bonds is 25. The van der Waals surface area contributed by atoms with Crippen molar-refractivity contribution in [2.45, 2.75) is 51.0 Å². The van der Waals surface area contributed by atoms with Gasteiger partial charge in [-0.05, 0) is 85.7 Å². The molecule has 0 saturated carbocycles. The number of aromatic nitrogens is 1. The van der Waals surface area contributed by atoms with E-state index in [-0.39, 0.29) is 61.5 Å². The van der Waals surface area contributed by atoms with Crippen LogP contribution >= 0.6 is 0 Å². The molecule has 3 aromatic rings. The first-order valence-corrected chi connectivity index (χ1v) is 22.1. The Morgan fingerprint density at radius 3 is 2.22 bits per heavy atom. The number of nitrogens with zero attached hydrogens (tertiary/aromatic N) is 3. The van der Waals surface area contributed by atoms with Gasteiger partial charge in [-0.15, -0.1) is 0 Å². The molecule has 346 valence electrons. The lowest BCUT2D eigenvalue weighted by atomic mass is 9.91. The fraction of sp³-hybridized carbons (Fsp3) is 0.447. The monoisotopic (exact) mass is 895 g/mol. The molecule has 0 bridgehead atoms. The van der Waals surface area contributed by atoms with Gasteiger partial charge in [0.15, 0.2) is 0 Å². The largest absolute Gasteiger partial charge is 0.382 e. The minimum Gasteiger partial charge on any atom is -0.382 e. The second kappa shape index (κ2) is 25.2. The van der Waals surface area contributed by atoms with Crippen molar-refractivity contribution in [2.24, 2.45) is 5.92 Å². The Morgan fingerprint density at radius 2 is 1.51 bits per heavy atom. The smallest absolute Gasteiger partial charge is 0.264 e. The van der Waals surface area contributed by atoms with Gasteiger partial charge in [0.1, 0.15) is 12.6 Å². The first-order valence-electron chi connectivity index (χ1n) is 22.1. The van der Waals surface area contributed by atoms with Crippen LogP contribution in [0.5, 0.6) is 0 Å². The summed E-state index contributed by atoms with van der Waals surface area (Å²) in [6.45, 7) is 4.37. The summed E-state index contributed by atoms with van der Waals surface area (Å²) in [6.07, 6.45) is 11.7. The van der Waals surface area contributed by atoms with Crippen LogP contribution in [0.3, 0.4) is 0 Å². The molecular formula is C47H57N7O11. The van der Waals surface area contributed by atoms with E-state index in [0.29, 0.717) is 82.1 Å². The van der Waals surface area contributed by atoms with Gasteiger partial charge in [-0.1, -0.05) is 25.0 Å². The number of unbranched alkanes of at least 4 members (excludes halogenated alkanes) is 1. The van der Waals surface area contributed by atoms with Crippen LogP contribution in [0.25, 0.3) is 6.08 Å². The van der Waals surface area contributed by atoms with E-state index in [0.717, 1.165) is 42.6 Å². The van der Waals surface area contributed by atoms with Gasteiger partial charge in [-0.2, -0.15) is 0 Å². The summed E-state index contributed by atoms with van der Waals surface area (Å²) in [5, 5.41) is 11.0. The lowest BCUT2D eigenvalue weighted by molar-refractivity contribution is -0.136. The summed E-state index contributed by atoms with van der Waals surface area (Å²) >= 11 is 0. The topological polar surface area (TPSA) is 224 Å². The van der Waals surface area contributed by atoms with Gasteiger partial charge >= 0.3 is 0 Å². The van der Waals surface area contributed by atoms with Crippen molar-refractivity contribution in [1.29, 1.82) is 0 Å². The summed E-state index contributed by atoms with van der Waals surface area (Å²) in [7, 11) is 0. The zero-order valence-electron chi connectivity index (χ0n) is 36.4. The molecule has 6 rings (SSSR count). The number of piperidine rings is 2. The Balaban J connectivity index is 0.733. The zero-order valence-corrected chi connectivity index (χ0v) is 36.4. The number of nitrogens with one attached hydrogen (secondary N) is 4. The number of pyridine rings is 1. The Kier molecular flexibility index (Phi) is 18.7. The second-order valence-electron chi connectivity index (χ2n) is 15.8. The van der Waals surface area contributed by atoms with E-state index in [2.05, 4.69) is 26.3 Å². The standard InChI is InChI=1S/C47H57N7O11/c55-40(15-9-34-6-4-19-48-31-34)50-20-2-1-5-33-17-22-53(23-18-33)45(59)35-10-12-36(13-11-35)51-42(57)32-65-30-29-64-28-27-63-26-25-62-24-21-49-38-8-3-7-37-43(38)47(61)54(46(37)60)39-14-16-41(56)52-44(39)58/h3-4,6-13,15,19,31,33,39,49H,1-2,5,14,16-18,20-30,32H2,(H,50,55)(H,51,57)(H,52,56,58)/b15-9+. The molecule has 65 heavy (non-hydrogen) atoms. The number of hydrogen-bond donors (Lipinski definition) is 4. The van der Waals surface area contributed by atoms with E-state index in [4.69, 9.17) is 18.9 Å². The molecule has 1 atom stereocenters. The highest BCUT2D eigenvalue weighted by atomic mass is 16.6. The van der Waals surface area contributed by atoms with E-state index < -0.39 is 29.7 Å². The quantitative estimate of drug-likeness (QED) is 0.0544. The van der Waals surface area contributed by atoms with Crippen LogP contribution in [0, 0.1) is 5.92 Å². The Hall–Kier alpha value is -6.34. The fourth-order valence-corrected chi connectivity index (χ4v) is 7.72. The van der Waals surface area contributed by atoms with Crippen LogP contribution in [-0.2, 0) is 38.1 Å². The van der Waals surface area contributed by atoms with Crippen LogP contribution in [0.1, 0.15) is 81.6 Å². The third-order valence-corrected chi connectivity index (χ3v) is 11.1. The zero-order chi connectivity index (χ0) is 45.8. The van der Waals surface area contributed by atoms with Crippen molar-refractivity contribution in [1.82, 2.24) is 25.4 Å². The molecule has 7 amide bonds. The number of anilines is 2. The number of fused-ring (bicyclic) bond motifs is 1. The minimum absolute atomic E-state index is 0.0216.